The highest BCUT2D eigenvalue weighted by atomic mass is 16.5. The number of nitrogens with zero attached hydrogens (tertiary/aromatic N) is 1. The zero-order valence-corrected chi connectivity index (χ0v) is 13.8. The number of aryl methyl sites for hydroxylation is 1. The average Bonchev–Trinajstić information content (AvgIpc) is 2.63. The molecule has 0 aliphatic rings. The molecule has 2 aromatic carbocycles. The maximum Gasteiger partial charge on any atom is 0.244 e. The van der Waals surface area contributed by atoms with Crippen molar-refractivity contribution in [2.24, 2.45) is 5.73 Å². The molecule has 5 nitrogen and oxygen atoms in total. The molecule has 1 aromatic heterocycles. The molecule has 1 unspecified atom stereocenters. The number of primary amides is 1. The molecule has 1 atom stereocenters. The minimum atomic E-state index is -0.591. The van der Waals surface area contributed by atoms with Gasteiger partial charge in [0.1, 0.15) is 11.8 Å². The fraction of sp³-hybridized carbons (Fsp3) is 0.100. The van der Waals surface area contributed by atoms with Crippen molar-refractivity contribution in [3.63, 3.8) is 0 Å². The Morgan fingerprint density at radius 3 is 2.36 bits per heavy atom. The fourth-order valence-corrected chi connectivity index (χ4v) is 2.39. The lowest BCUT2D eigenvalue weighted by Gasteiger charge is -2.17. The quantitative estimate of drug-likeness (QED) is 0.719. The molecule has 0 saturated carbocycles. The Morgan fingerprint density at radius 2 is 1.76 bits per heavy atom. The topological polar surface area (TPSA) is 77.2 Å². The van der Waals surface area contributed by atoms with E-state index in [9.17, 15) is 4.79 Å². The summed E-state index contributed by atoms with van der Waals surface area (Å²) >= 11 is 0. The zero-order valence-electron chi connectivity index (χ0n) is 13.8. The highest BCUT2D eigenvalue weighted by Crippen LogP contribution is 2.24. The minimum absolute atomic E-state index is 0.435. The van der Waals surface area contributed by atoms with Crippen LogP contribution in [0.15, 0.2) is 72.9 Å². The Labute approximate surface area is 146 Å². The first kappa shape index (κ1) is 16.5. The molecule has 3 aromatic rings. The monoisotopic (exact) mass is 333 g/mol. The van der Waals surface area contributed by atoms with E-state index in [0.29, 0.717) is 11.6 Å². The van der Waals surface area contributed by atoms with Crippen molar-refractivity contribution in [2.75, 3.05) is 5.32 Å². The van der Waals surface area contributed by atoms with E-state index in [1.54, 1.807) is 6.20 Å². The Kier molecular flexibility index (Phi) is 4.95. The highest BCUT2D eigenvalue weighted by molar-refractivity contribution is 5.84. The summed E-state index contributed by atoms with van der Waals surface area (Å²) in [4.78, 5) is 16.0. The van der Waals surface area contributed by atoms with Gasteiger partial charge in [0, 0.05) is 18.0 Å². The molecule has 1 amide bonds. The predicted molar refractivity (Wildman–Crippen MR) is 97.5 cm³/mol. The summed E-state index contributed by atoms with van der Waals surface area (Å²) in [5.74, 6) is 0.762. The van der Waals surface area contributed by atoms with Gasteiger partial charge in [0.2, 0.25) is 11.8 Å². The maximum absolute atomic E-state index is 11.8. The lowest BCUT2D eigenvalue weighted by atomic mass is 10.1. The number of hydrogen-bond donors (Lipinski definition) is 2. The van der Waals surface area contributed by atoms with Crippen LogP contribution < -0.4 is 15.8 Å². The number of carbonyl (C=O) groups is 1. The predicted octanol–water partition coefficient (Wildman–Crippen LogP) is 3.82. The first-order valence-corrected chi connectivity index (χ1v) is 7.93. The Morgan fingerprint density at radius 1 is 1.04 bits per heavy atom. The second-order valence-corrected chi connectivity index (χ2v) is 5.69. The van der Waals surface area contributed by atoms with Crippen LogP contribution in [0.25, 0.3) is 0 Å². The number of ether oxygens (including phenoxy) is 1. The largest absolute Gasteiger partial charge is 0.439 e. The summed E-state index contributed by atoms with van der Waals surface area (Å²) in [6.45, 7) is 1.97. The summed E-state index contributed by atoms with van der Waals surface area (Å²) < 4.78 is 5.69. The van der Waals surface area contributed by atoms with Crippen molar-refractivity contribution < 1.29 is 9.53 Å². The van der Waals surface area contributed by atoms with Gasteiger partial charge in [-0.05, 0) is 42.3 Å². The number of carbonyl (C=O) groups excluding carboxylic acids is 1. The second-order valence-electron chi connectivity index (χ2n) is 5.69. The van der Waals surface area contributed by atoms with Crippen LogP contribution in [-0.4, -0.2) is 10.9 Å². The van der Waals surface area contributed by atoms with E-state index in [4.69, 9.17) is 10.5 Å². The number of rotatable bonds is 6. The SMILES string of the molecule is Cc1ccc(Oc2ccc(NC(C(N)=O)c3ccccc3)cc2)nc1. The van der Waals surface area contributed by atoms with Crippen molar-refractivity contribution in [3.05, 3.63) is 84.1 Å². The maximum atomic E-state index is 11.8. The van der Waals surface area contributed by atoms with Crippen LogP contribution in [0.2, 0.25) is 0 Å². The van der Waals surface area contributed by atoms with Gasteiger partial charge in [-0.25, -0.2) is 4.98 Å². The van der Waals surface area contributed by atoms with Gasteiger partial charge in [-0.15, -0.1) is 0 Å². The molecule has 0 aliphatic carbocycles. The van der Waals surface area contributed by atoms with E-state index in [0.717, 1.165) is 16.8 Å². The molecule has 0 bridgehead atoms. The summed E-state index contributed by atoms with van der Waals surface area (Å²) in [6.07, 6.45) is 1.75. The molecular formula is C20H19N3O2. The van der Waals surface area contributed by atoms with Crippen LogP contribution >= 0.6 is 0 Å². The molecule has 0 saturated heterocycles. The molecule has 3 N–H and O–H groups in total. The van der Waals surface area contributed by atoms with Crippen molar-refractivity contribution in [1.29, 1.82) is 0 Å². The third-order valence-electron chi connectivity index (χ3n) is 3.69. The van der Waals surface area contributed by atoms with Crippen LogP contribution in [0.5, 0.6) is 11.6 Å². The van der Waals surface area contributed by atoms with Gasteiger partial charge >= 0.3 is 0 Å². The Bertz CT molecular complexity index is 831. The first-order chi connectivity index (χ1) is 12.1. The van der Waals surface area contributed by atoms with E-state index < -0.39 is 11.9 Å². The van der Waals surface area contributed by atoms with E-state index in [1.807, 2.05) is 73.7 Å². The van der Waals surface area contributed by atoms with Crippen molar-refractivity contribution >= 4 is 11.6 Å². The molecule has 126 valence electrons. The summed E-state index contributed by atoms with van der Waals surface area (Å²) in [5, 5.41) is 3.15. The van der Waals surface area contributed by atoms with Crippen LogP contribution in [-0.2, 0) is 4.79 Å². The molecule has 0 radical (unpaired) electrons. The fourth-order valence-electron chi connectivity index (χ4n) is 2.39. The van der Waals surface area contributed by atoms with Gasteiger partial charge in [-0.1, -0.05) is 36.4 Å². The smallest absolute Gasteiger partial charge is 0.244 e. The van der Waals surface area contributed by atoms with Gasteiger partial charge in [0.25, 0.3) is 0 Å². The molecule has 3 rings (SSSR count). The molecule has 0 fully saturated rings. The number of hydrogen-bond acceptors (Lipinski definition) is 4. The van der Waals surface area contributed by atoms with Crippen LogP contribution in [0.4, 0.5) is 5.69 Å². The summed E-state index contributed by atoms with van der Waals surface area (Å²) in [5.41, 5.74) is 8.19. The average molecular weight is 333 g/mol. The third kappa shape index (κ3) is 4.35. The van der Waals surface area contributed by atoms with E-state index in [2.05, 4.69) is 10.3 Å². The number of nitrogens with two attached hydrogens (primary N) is 1. The Hall–Kier alpha value is -3.34. The molecule has 1 heterocycles. The van der Waals surface area contributed by atoms with Crippen LogP contribution in [0, 0.1) is 6.92 Å². The molecular weight excluding hydrogens is 314 g/mol. The third-order valence-corrected chi connectivity index (χ3v) is 3.69. The number of amides is 1. The Balaban J connectivity index is 1.71. The van der Waals surface area contributed by atoms with Crippen molar-refractivity contribution in [3.8, 4) is 11.6 Å². The lowest BCUT2D eigenvalue weighted by molar-refractivity contribution is -0.118. The van der Waals surface area contributed by atoms with E-state index in [-0.39, 0.29) is 0 Å². The molecule has 25 heavy (non-hydrogen) atoms. The lowest BCUT2D eigenvalue weighted by Crippen LogP contribution is -2.27. The second kappa shape index (κ2) is 7.49. The normalized spacial score (nSPS) is 11.6. The number of pyridine rings is 1. The van der Waals surface area contributed by atoms with Gasteiger partial charge < -0.3 is 15.8 Å². The number of anilines is 1. The number of nitrogens with one attached hydrogen (secondary N) is 1. The molecule has 0 aliphatic heterocycles. The zero-order chi connectivity index (χ0) is 17.6. The minimum Gasteiger partial charge on any atom is -0.439 e. The van der Waals surface area contributed by atoms with Gasteiger partial charge in [0.05, 0.1) is 0 Å². The van der Waals surface area contributed by atoms with Gasteiger partial charge in [-0.2, -0.15) is 0 Å². The van der Waals surface area contributed by atoms with E-state index in [1.165, 1.54) is 0 Å². The van der Waals surface area contributed by atoms with Crippen LogP contribution in [0.1, 0.15) is 17.2 Å². The summed E-state index contributed by atoms with van der Waals surface area (Å²) in [6, 6.07) is 19.8. The highest BCUT2D eigenvalue weighted by Gasteiger charge is 2.17. The standard InChI is InChI=1S/C20H19N3O2/c1-14-7-12-18(22-13-14)25-17-10-8-16(9-11-17)23-19(20(21)24)15-5-3-2-4-6-15/h2-13,19,23H,1H3,(H2,21,24). The number of aromatic nitrogens is 1. The van der Waals surface area contributed by atoms with Crippen molar-refractivity contribution in [2.45, 2.75) is 13.0 Å². The van der Waals surface area contributed by atoms with Gasteiger partial charge in [-0.3, -0.25) is 4.79 Å². The first-order valence-electron chi connectivity index (χ1n) is 7.93. The van der Waals surface area contributed by atoms with Crippen LogP contribution in [0.3, 0.4) is 0 Å². The number of benzene rings is 2. The summed E-state index contributed by atoms with van der Waals surface area (Å²) in [7, 11) is 0. The van der Waals surface area contributed by atoms with Crippen molar-refractivity contribution in [1.82, 2.24) is 4.98 Å². The molecule has 5 heteroatoms. The molecule has 0 spiro atoms. The van der Waals surface area contributed by atoms with Gasteiger partial charge in [0.15, 0.2) is 0 Å². The van der Waals surface area contributed by atoms with E-state index >= 15 is 0 Å².